The van der Waals surface area contributed by atoms with Crippen molar-refractivity contribution < 1.29 is 19.1 Å². The highest BCUT2D eigenvalue weighted by Crippen LogP contribution is 2.54. The Morgan fingerprint density at radius 2 is 1.15 bits per heavy atom. The van der Waals surface area contributed by atoms with Gasteiger partial charge in [-0.05, 0) is 86.9 Å². The van der Waals surface area contributed by atoms with Crippen molar-refractivity contribution in [2.24, 2.45) is 35.5 Å². The van der Waals surface area contributed by atoms with E-state index in [1.54, 1.807) is 0 Å². The number of hydrogen-bond acceptors (Lipinski definition) is 4. The predicted molar refractivity (Wildman–Crippen MR) is 98.2 cm³/mol. The van der Waals surface area contributed by atoms with E-state index in [1.165, 1.54) is 51.4 Å². The molecule has 0 N–H and O–H groups in total. The molecule has 8 unspecified atom stereocenters. The Labute approximate surface area is 157 Å². The number of carbonyl (C=O) groups excluding carboxylic acids is 2. The monoisotopic (exact) mass is 362 g/mol. The van der Waals surface area contributed by atoms with Gasteiger partial charge in [0.25, 0.3) is 12.9 Å². The molecular formula is C22H34O4. The lowest BCUT2D eigenvalue weighted by Crippen LogP contribution is -2.45. The van der Waals surface area contributed by atoms with E-state index in [0.29, 0.717) is 12.9 Å². The van der Waals surface area contributed by atoms with Crippen LogP contribution in [0.4, 0.5) is 0 Å². The van der Waals surface area contributed by atoms with Gasteiger partial charge in [-0.25, -0.2) is 0 Å². The van der Waals surface area contributed by atoms with Crippen LogP contribution in [0.15, 0.2) is 0 Å². The molecule has 0 aliphatic heterocycles. The molecule has 8 atom stereocenters. The van der Waals surface area contributed by atoms with Gasteiger partial charge in [-0.1, -0.05) is 25.7 Å². The second kappa shape index (κ2) is 8.31. The molecule has 4 nitrogen and oxygen atoms in total. The molecule has 0 spiro atoms. The maximum Gasteiger partial charge on any atom is 0.293 e. The van der Waals surface area contributed by atoms with Crippen LogP contribution < -0.4 is 0 Å². The zero-order valence-corrected chi connectivity index (χ0v) is 15.9. The topological polar surface area (TPSA) is 52.6 Å². The third-order valence-electron chi connectivity index (χ3n) is 8.36. The quantitative estimate of drug-likeness (QED) is 0.676. The zero-order valence-electron chi connectivity index (χ0n) is 15.9. The number of ether oxygens (including phenoxy) is 2. The second-order valence-corrected chi connectivity index (χ2v) is 9.37. The molecule has 4 saturated carbocycles. The molecule has 0 aromatic carbocycles. The van der Waals surface area contributed by atoms with Crippen molar-refractivity contribution in [1.29, 1.82) is 0 Å². The van der Waals surface area contributed by atoms with E-state index in [1.807, 2.05) is 0 Å². The fourth-order valence-corrected chi connectivity index (χ4v) is 7.38. The summed E-state index contributed by atoms with van der Waals surface area (Å²) in [6.07, 6.45) is 15.3. The highest BCUT2D eigenvalue weighted by molar-refractivity contribution is 5.37. The van der Waals surface area contributed by atoms with Crippen LogP contribution in [0.2, 0.25) is 0 Å². The van der Waals surface area contributed by atoms with Gasteiger partial charge < -0.3 is 9.47 Å². The van der Waals surface area contributed by atoms with Gasteiger partial charge in [0, 0.05) is 0 Å². The zero-order chi connectivity index (χ0) is 17.9. The molecule has 4 heteroatoms. The molecule has 0 aromatic heterocycles. The summed E-state index contributed by atoms with van der Waals surface area (Å²) in [4.78, 5) is 21.6. The van der Waals surface area contributed by atoms with E-state index in [0.717, 1.165) is 61.2 Å². The lowest BCUT2D eigenvalue weighted by Gasteiger charge is -2.52. The molecule has 26 heavy (non-hydrogen) atoms. The molecular weight excluding hydrogens is 328 g/mol. The third kappa shape index (κ3) is 3.66. The second-order valence-electron chi connectivity index (χ2n) is 9.37. The Hall–Kier alpha value is -1.06. The summed E-state index contributed by atoms with van der Waals surface area (Å²) >= 11 is 0. The molecule has 146 valence electrons. The van der Waals surface area contributed by atoms with E-state index in [2.05, 4.69) is 0 Å². The van der Waals surface area contributed by atoms with Crippen LogP contribution >= 0.6 is 0 Å². The lowest BCUT2D eigenvalue weighted by atomic mass is 9.54. The maximum atomic E-state index is 10.8. The van der Waals surface area contributed by atoms with Crippen LogP contribution in [-0.2, 0) is 19.1 Å². The first-order chi connectivity index (χ1) is 12.8. The van der Waals surface area contributed by atoms with Crippen LogP contribution in [0.5, 0.6) is 0 Å². The summed E-state index contributed by atoms with van der Waals surface area (Å²) in [6, 6.07) is 0. The van der Waals surface area contributed by atoms with Crippen molar-refractivity contribution in [1.82, 2.24) is 0 Å². The minimum atomic E-state index is 0.158. The summed E-state index contributed by atoms with van der Waals surface area (Å²) in [5, 5.41) is 0. The number of hydrogen-bond donors (Lipinski definition) is 0. The molecule has 4 aliphatic carbocycles. The van der Waals surface area contributed by atoms with Gasteiger partial charge in [0.2, 0.25) is 0 Å². The van der Waals surface area contributed by atoms with E-state index in [9.17, 15) is 9.59 Å². The Morgan fingerprint density at radius 3 is 1.88 bits per heavy atom. The number of carbonyl (C=O) groups is 2. The highest BCUT2D eigenvalue weighted by atomic mass is 16.5. The normalized spacial score (nSPS) is 45.7. The largest absolute Gasteiger partial charge is 0.465 e. The number of fused-ring (bicyclic) bond motifs is 2. The molecule has 0 saturated heterocycles. The van der Waals surface area contributed by atoms with Crippen molar-refractivity contribution in [3.05, 3.63) is 0 Å². The molecule has 4 aliphatic rings. The average Bonchev–Trinajstić information content (AvgIpc) is 2.67. The van der Waals surface area contributed by atoms with Crippen LogP contribution in [0, 0.1) is 35.5 Å². The van der Waals surface area contributed by atoms with Gasteiger partial charge in [0.15, 0.2) is 0 Å². The van der Waals surface area contributed by atoms with E-state index >= 15 is 0 Å². The van der Waals surface area contributed by atoms with Gasteiger partial charge in [-0.15, -0.1) is 0 Å². The SMILES string of the molecule is O=COC1CCC2C(CCCC2C2CCCC3CCC(OC=O)CC32)C1. The first-order valence-corrected chi connectivity index (χ1v) is 11.0. The molecule has 0 amide bonds. The molecule has 0 radical (unpaired) electrons. The average molecular weight is 363 g/mol. The van der Waals surface area contributed by atoms with E-state index < -0.39 is 0 Å². The minimum Gasteiger partial charge on any atom is -0.465 e. The van der Waals surface area contributed by atoms with Crippen LogP contribution in [0.25, 0.3) is 0 Å². The van der Waals surface area contributed by atoms with E-state index in [4.69, 9.17) is 9.47 Å². The molecule has 4 rings (SSSR count). The summed E-state index contributed by atoms with van der Waals surface area (Å²) in [6.45, 7) is 1.31. The van der Waals surface area contributed by atoms with Crippen molar-refractivity contribution in [2.45, 2.75) is 89.3 Å². The number of rotatable bonds is 5. The molecule has 0 bridgehead atoms. The lowest BCUT2D eigenvalue weighted by molar-refractivity contribution is -0.139. The first-order valence-electron chi connectivity index (χ1n) is 11.0. The Bertz CT molecular complexity index is 493. The maximum absolute atomic E-state index is 10.8. The fraction of sp³-hybridized carbons (Fsp3) is 0.909. The summed E-state index contributed by atoms with van der Waals surface area (Å²) in [5.74, 6) is 4.85. The van der Waals surface area contributed by atoms with Crippen molar-refractivity contribution in [3.63, 3.8) is 0 Å². The van der Waals surface area contributed by atoms with Crippen LogP contribution in [0.3, 0.4) is 0 Å². The van der Waals surface area contributed by atoms with Crippen molar-refractivity contribution in [3.8, 4) is 0 Å². The molecule has 0 aromatic rings. The Balaban J connectivity index is 1.46. The first kappa shape index (κ1) is 18.3. The van der Waals surface area contributed by atoms with Crippen LogP contribution in [0.1, 0.15) is 77.0 Å². The van der Waals surface area contributed by atoms with Crippen molar-refractivity contribution in [2.75, 3.05) is 0 Å². The Kier molecular flexibility index (Phi) is 5.85. The van der Waals surface area contributed by atoms with Crippen LogP contribution in [-0.4, -0.2) is 25.2 Å². The van der Waals surface area contributed by atoms with E-state index in [-0.39, 0.29) is 12.2 Å². The summed E-state index contributed by atoms with van der Waals surface area (Å²) in [7, 11) is 0. The summed E-state index contributed by atoms with van der Waals surface area (Å²) in [5.41, 5.74) is 0. The molecule has 4 fully saturated rings. The minimum absolute atomic E-state index is 0.158. The van der Waals surface area contributed by atoms with Crippen molar-refractivity contribution >= 4 is 12.9 Å². The Morgan fingerprint density at radius 1 is 0.538 bits per heavy atom. The standard InChI is InChI=1S/C22H34O4/c23-13-25-17-9-10-19-16(11-17)4-2-5-20(19)21-6-1-3-15-7-8-18(26-14-24)12-22(15)21/h13-22H,1-12H2. The third-order valence-corrected chi connectivity index (χ3v) is 8.36. The van der Waals surface area contributed by atoms with Gasteiger partial charge in [0.1, 0.15) is 12.2 Å². The predicted octanol–water partition coefficient (Wildman–Crippen LogP) is 4.50. The van der Waals surface area contributed by atoms with Gasteiger partial charge in [-0.2, -0.15) is 0 Å². The smallest absolute Gasteiger partial charge is 0.293 e. The van der Waals surface area contributed by atoms with Gasteiger partial charge in [-0.3, -0.25) is 9.59 Å². The highest BCUT2D eigenvalue weighted by Gasteiger charge is 2.47. The fourth-order valence-electron chi connectivity index (χ4n) is 7.38. The van der Waals surface area contributed by atoms with Gasteiger partial charge in [0.05, 0.1) is 0 Å². The summed E-state index contributed by atoms with van der Waals surface area (Å²) < 4.78 is 10.7. The van der Waals surface area contributed by atoms with Gasteiger partial charge >= 0.3 is 0 Å². The molecule has 0 heterocycles.